The van der Waals surface area contributed by atoms with E-state index in [0.717, 1.165) is 4.90 Å². The minimum Gasteiger partial charge on any atom is -0.445 e. The fourth-order valence-electron chi connectivity index (χ4n) is 13.2. The van der Waals surface area contributed by atoms with Crippen molar-refractivity contribution in [2.75, 3.05) is 52.8 Å². The fraction of sp³-hybridized carbons (Fsp3) is 0.657. The molecule has 94 heavy (non-hydrogen) atoms. The molecule has 2 bridgehead atoms. The van der Waals surface area contributed by atoms with E-state index in [1.54, 1.807) is 87.3 Å². The Morgan fingerprint density at radius 2 is 1.45 bits per heavy atom. The van der Waals surface area contributed by atoms with Crippen LogP contribution in [0.4, 0.5) is 15.3 Å². The van der Waals surface area contributed by atoms with Crippen molar-refractivity contribution in [1.82, 2.24) is 61.5 Å². The minimum atomic E-state index is -1.08. The number of likely N-dealkylation sites (N-methyl/N-ethyl adjacent to an activating group) is 1. The molecular formula is C67H101N13O14. The lowest BCUT2D eigenvalue weighted by Crippen LogP contribution is -2.60. The number of piperidine rings is 1. The number of rotatable bonds is 36. The summed E-state index contributed by atoms with van der Waals surface area (Å²) < 4.78 is 17.9. The number of nitrogens with one attached hydrogen (secondary N) is 7. The number of carbonyl (C=O) groups excluding carboxylic acids is 11. The van der Waals surface area contributed by atoms with Gasteiger partial charge in [-0.3, -0.25) is 53.0 Å². The zero-order valence-corrected chi connectivity index (χ0v) is 56.6. The van der Waals surface area contributed by atoms with Gasteiger partial charge in [0.15, 0.2) is 0 Å². The van der Waals surface area contributed by atoms with Crippen molar-refractivity contribution in [2.45, 2.75) is 207 Å². The van der Waals surface area contributed by atoms with Crippen LogP contribution in [0.2, 0.25) is 0 Å². The van der Waals surface area contributed by atoms with Crippen molar-refractivity contribution in [2.24, 2.45) is 29.6 Å². The molecule has 2 aromatic rings. The van der Waals surface area contributed by atoms with Crippen LogP contribution in [0.1, 0.15) is 150 Å². The molecule has 1 unspecified atom stereocenters. The highest BCUT2D eigenvalue weighted by Gasteiger charge is 2.53. The van der Waals surface area contributed by atoms with Gasteiger partial charge in [-0.25, -0.2) is 19.6 Å². The number of carbonyl (C=O) groups is 11. The molecular weight excluding hydrogens is 1210 g/mol. The summed E-state index contributed by atoms with van der Waals surface area (Å²) >= 11 is 0. The maximum absolute atomic E-state index is 14.9. The summed E-state index contributed by atoms with van der Waals surface area (Å²) in [5, 5.41) is 19.8. The maximum Gasteiger partial charge on any atom is 0.411 e. The summed E-state index contributed by atoms with van der Waals surface area (Å²) in [5.41, 5.74) is 0.947. The molecule has 3 fully saturated rings. The van der Waals surface area contributed by atoms with Crippen LogP contribution in [0.3, 0.4) is 0 Å². The molecule has 0 spiro atoms. The Balaban J connectivity index is 1.04. The van der Waals surface area contributed by atoms with Crippen molar-refractivity contribution < 1.29 is 67.0 Å². The third-order valence-corrected chi connectivity index (χ3v) is 18.6. The average molecular weight is 1310 g/mol. The smallest absolute Gasteiger partial charge is 0.411 e. The van der Waals surface area contributed by atoms with E-state index < -0.39 is 72.1 Å². The van der Waals surface area contributed by atoms with E-state index in [2.05, 4.69) is 47.2 Å². The van der Waals surface area contributed by atoms with Crippen molar-refractivity contribution in [3.05, 3.63) is 66.3 Å². The molecule has 27 nitrogen and oxygen atoms in total. The van der Waals surface area contributed by atoms with Crippen molar-refractivity contribution in [3.63, 3.8) is 0 Å². The van der Waals surface area contributed by atoms with Crippen molar-refractivity contribution in [1.29, 1.82) is 0 Å². The number of likely N-dealkylation sites (tertiary alicyclic amines) is 2. The Morgan fingerprint density at radius 1 is 0.755 bits per heavy atom. The Bertz CT molecular complexity index is 2930. The van der Waals surface area contributed by atoms with Gasteiger partial charge < -0.3 is 61.2 Å². The van der Waals surface area contributed by atoms with Crippen LogP contribution in [0.15, 0.2) is 54.9 Å². The molecule has 0 radical (unpaired) electrons. The van der Waals surface area contributed by atoms with Crippen molar-refractivity contribution >= 4 is 71.0 Å². The van der Waals surface area contributed by atoms with Crippen LogP contribution in [0.5, 0.6) is 0 Å². The highest BCUT2D eigenvalue weighted by atomic mass is 16.6. The van der Waals surface area contributed by atoms with Crippen LogP contribution in [-0.2, 0) is 70.5 Å². The number of aromatic nitrogens is 2. The van der Waals surface area contributed by atoms with E-state index in [9.17, 15) is 52.7 Å². The molecule has 4 heterocycles. The predicted molar refractivity (Wildman–Crippen MR) is 348 cm³/mol. The van der Waals surface area contributed by atoms with E-state index in [-0.39, 0.29) is 123 Å². The Kier molecular flexibility index (Phi) is 29.2. The molecule has 1 aromatic heterocycles. The third-order valence-electron chi connectivity index (χ3n) is 18.6. The molecule has 27 heteroatoms. The number of imide groups is 1. The number of benzene rings is 1. The quantitative estimate of drug-likeness (QED) is 0.0365. The van der Waals surface area contributed by atoms with Gasteiger partial charge >= 0.3 is 12.1 Å². The maximum atomic E-state index is 14.9. The van der Waals surface area contributed by atoms with Crippen LogP contribution in [0, 0.1) is 29.6 Å². The summed E-state index contributed by atoms with van der Waals surface area (Å²) in [4.78, 5) is 163. The summed E-state index contributed by atoms with van der Waals surface area (Å²) in [6.45, 7) is 16.1. The van der Waals surface area contributed by atoms with E-state index in [4.69, 9.17) is 14.2 Å². The summed E-state index contributed by atoms with van der Waals surface area (Å²) in [6.07, 6.45) is 9.59. The lowest BCUT2D eigenvalue weighted by atomic mass is 9.89. The van der Waals surface area contributed by atoms with Gasteiger partial charge in [-0.05, 0) is 112 Å². The first kappa shape index (κ1) is 75.0. The lowest BCUT2D eigenvalue weighted by Gasteiger charge is -2.41. The zero-order chi connectivity index (χ0) is 68.8. The van der Waals surface area contributed by atoms with E-state index >= 15 is 0 Å². The number of hydrogen-bond donors (Lipinski definition) is 7. The number of methoxy groups -OCH3 is 2. The number of amides is 12. The fourth-order valence-corrected chi connectivity index (χ4v) is 13.2. The molecule has 12 amide bonds. The van der Waals surface area contributed by atoms with E-state index in [1.807, 2.05) is 27.7 Å². The number of ether oxygens (including phenoxy) is 3. The normalized spacial score (nSPS) is 20.0. The van der Waals surface area contributed by atoms with E-state index in [1.165, 1.54) is 31.3 Å². The topological polar surface area (TPSA) is 338 Å². The van der Waals surface area contributed by atoms with Gasteiger partial charge in [0, 0.05) is 90.1 Å². The largest absolute Gasteiger partial charge is 0.445 e. The Morgan fingerprint density at radius 3 is 2.09 bits per heavy atom. The number of fused-ring (bicyclic) bond motifs is 2. The van der Waals surface area contributed by atoms with E-state index in [0.29, 0.717) is 94.4 Å². The molecule has 4 aliphatic rings. The summed E-state index contributed by atoms with van der Waals surface area (Å²) in [7, 11) is 4.72. The summed E-state index contributed by atoms with van der Waals surface area (Å²) in [6, 6.07) is 2.68. The second-order valence-electron chi connectivity index (χ2n) is 25.8. The van der Waals surface area contributed by atoms with Gasteiger partial charge in [0.2, 0.25) is 41.4 Å². The standard InChI is InChI=1S/C67H101N13O14/c1-12-42(7)58(50(92-10)37-55(84)78-35-18-21-49(78)60(93-11)43(8)61(85)72-38-51-69-32-19-33-70-51)77(9)65(89)57(41(5)6)76-64(88)59-45-25-28-47(36-45)80(59)67(91)94-39-44-23-26-46(27-24-44)73-62(86)48(20-17-31-71-66(90)68-13-2)74-63(87)56(40(3)4)75-52(81)22-15-14-16-34-79-53(82)29-30-54(79)83/h19,23-24,26-27,29-30,32-33,40-43,45,47-50,56-60H,12-18,20-22,25,28,31,34-39H2,1-11H3,(H,72,85)(H,73,86)(H,74,87)(H,75,81)(H,76,88)(H2,68,71,90)/t42-,43+,45-,47+,48?,49-,50+,56-,57-,58-,59-,60+/m0/s1. The molecule has 1 saturated carbocycles. The van der Waals surface area contributed by atoms with Crippen LogP contribution >= 0.6 is 0 Å². The lowest BCUT2D eigenvalue weighted by molar-refractivity contribution is -0.148. The predicted octanol–water partition coefficient (Wildman–Crippen LogP) is 4.49. The number of unbranched alkanes of at least 4 members (excludes halogenated alkanes) is 2. The van der Waals surface area contributed by atoms with Crippen LogP contribution in [-0.4, -0.2) is 197 Å². The highest BCUT2D eigenvalue weighted by molar-refractivity contribution is 6.12. The first-order valence-corrected chi connectivity index (χ1v) is 33.4. The van der Waals surface area contributed by atoms with Crippen LogP contribution < -0.4 is 37.2 Å². The van der Waals surface area contributed by atoms with Gasteiger partial charge in [0.05, 0.1) is 43.2 Å². The molecule has 3 aliphatic heterocycles. The van der Waals surface area contributed by atoms with Gasteiger partial charge in [0.1, 0.15) is 36.6 Å². The highest BCUT2D eigenvalue weighted by Crippen LogP contribution is 2.43. The molecule has 12 atom stereocenters. The van der Waals surface area contributed by atoms with Gasteiger partial charge in [0.25, 0.3) is 11.8 Å². The first-order chi connectivity index (χ1) is 44.9. The molecule has 2 saturated heterocycles. The van der Waals surface area contributed by atoms with Crippen LogP contribution in [0.25, 0.3) is 0 Å². The van der Waals surface area contributed by atoms with Gasteiger partial charge in [-0.15, -0.1) is 0 Å². The summed E-state index contributed by atoms with van der Waals surface area (Å²) in [5.74, 6) is -4.74. The first-order valence-electron chi connectivity index (χ1n) is 33.4. The van der Waals surface area contributed by atoms with Gasteiger partial charge in [-0.2, -0.15) is 0 Å². The second-order valence-corrected chi connectivity index (χ2v) is 25.8. The molecule has 1 aromatic carbocycles. The molecule has 1 aliphatic carbocycles. The Hall–Kier alpha value is -8.07. The minimum absolute atomic E-state index is 0.0582. The molecule has 518 valence electrons. The SMILES string of the molecule is CCNC(=O)NCCCC(NC(=O)[C@@H](NC(=O)CCCCCN1C(=O)C=CC1=O)C(C)C)C(=O)Nc1ccc(COC(=O)N2[C@@H]3CC[C@@H](C3)[C@H]2C(=O)N[C@H](C(=O)N(C)[C@@H]([C@@H](C)CC)[C@@H](CC(=O)N2CCC[C@H]2[C@H](OC)[C@@H](C)C(=O)NCc2ncccn2)OC)C(C)C)cc1. The molecule has 7 N–H and O–H groups in total. The van der Waals surface area contributed by atoms with Crippen molar-refractivity contribution in [3.8, 4) is 0 Å². The number of nitrogens with zero attached hydrogens (tertiary/aromatic N) is 6. The Labute approximate surface area is 552 Å². The average Bonchev–Trinajstić information content (AvgIpc) is 1.60. The third kappa shape index (κ3) is 20.5. The molecule has 6 rings (SSSR count). The number of hydrogen-bond acceptors (Lipinski definition) is 16. The number of urea groups is 1. The second kappa shape index (κ2) is 36.6. The monoisotopic (exact) mass is 1310 g/mol. The van der Waals surface area contributed by atoms with Gasteiger partial charge in [-0.1, -0.05) is 73.4 Å². The zero-order valence-electron chi connectivity index (χ0n) is 56.6. The number of anilines is 1.